The van der Waals surface area contributed by atoms with E-state index in [9.17, 15) is 9.59 Å². The fourth-order valence-corrected chi connectivity index (χ4v) is 3.00. The standard InChI is InChI=1S/C14H17BrN2O2/c1-3-14(19)17-9(2)6-12(16-8-18)11-7-10(15)4-5-13(11)17/h4-5,7-9,12H,3,6H2,1-2H3,(H,16,18). The third-order valence-corrected chi connectivity index (χ3v) is 3.98. The van der Waals surface area contributed by atoms with E-state index in [1.54, 1.807) is 0 Å². The number of nitrogens with zero attached hydrogens (tertiary/aromatic N) is 1. The summed E-state index contributed by atoms with van der Waals surface area (Å²) in [7, 11) is 0. The molecule has 1 heterocycles. The van der Waals surface area contributed by atoms with Crippen molar-refractivity contribution in [2.24, 2.45) is 0 Å². The molecule has 102 valence electrons. The Kier molecular flexibility index (Phi) is 4.24. The van der Waals surface area contributed by atoms with Gasteiger partial charge in [-0.2, -0.15) is 0 Å². The van der Waals surface area contributed by atoms with Crippen molar-refractivity contribution in [2.45, 2.75) is 38.8 Å². The van der Waals surface area contributed by atoms with Gasteiger partial charge in [-0.3, -0.25) is 9.59 Å². The third kappa shape index (κ3) is 2.66. The SMILES string of the molecule is CCC(=O)N1c2ccc(Br)cc2C(NC=O)CC1C. The van der Waals surface area contributed by atoms with E-state index >= 15 is 0 Å². The van der Waals surface area contributed by atoms with E-state index in [1.165, 1.54) is 0 Å². The predicted octanol–water partition coefficient (Wildman–Crippen LogP) is 2.77. The van der Waals surface area contributed by atoms with Crippen LogP contribution in [0.4, 0.5) is 5.69 Å². The highest BCUT2D eigenvalue weighted by Gasteiger charge is 2.32. The number of hydrogen-bond donors (Lipinski definition) is 1. The zero-order valence-corrected chi connectivity index (χ0v) is 12.6. The minimum atomic E-state index is -0.0408. The Morgan fingerprint density at radius 2 is 2.32 bits per heavy atom. The molecule has 1 aliphatic heterocycles. The smallest absolute Gasteiger partial charge is 0.226 e. The van der Waals surface area contributed by atoms with Crippen LogP contribution in [0.15, 0.2) is 22.7 Å². The van der Waals surface area contributed by atoms with E-state index in [0.717, 1.165) is 28.6 Å². The lowest BCUT2D eigenvalue weighted by atomic mass is 9.91. The lowest BCUT2D eigenvalue weighted by molar-refractivity contribution is -0.118. The monoisotopic (exact) mass is 324 g/mol. The normalized spacial score (nSPS) is 21.7. The summed E-state index contributed by atoms with van der Waals surface area (Å²) in [6.07, 6.45) is 1.93. The molecule has 0 saturated heterocycles. The van der Waals surface area contributed by atoms with Crippen molar-refractivity contribution < 1.29 is 9.59 Å². The minimum Gasteiger partial charge on any atom is -0.352 e. The highest BCUT2D eigenvalue weighted by atomic mass is 79.9. The van der Waals surface area contributed by atoms with Crippen molar-refractivity contribution >= 4 is 33.9 Å². The number of carbonyl (C=O) groups is 2. The zero-order valence-electron chi connectivity index (χ0n) is 11.0. The minimum absolute atomic E-state index is 0.0408. The second kappa shape index (κ2) is 5.74. The van der Waals surface area contributed by atoms with Gasteiger partial charge in [0.25, 0.3) is 0 Å². The molecule has 4 nitrogen and oxygen atoms in total. The maximum absolute atomic E-state index is 12.1. The average molecular weight is 325 g/mol. The molecule has 2 atom stereocenters. The summed E-state index contributed by atoms with van der Waals surface area (Å²) >= 11 is 3.44. The number of amides is 2. The first-order valence-corrected chi connectivity index (χ1v) is 7.19. The molecule has 0 bridgehead atoms. The van der Waals surface area contributed by atoms with Crippen LogP contribution in [-0.4, -0.2) is 18.4 Å². The van der Waals surface area contributed by atoms with Gasteiger partial charge in [0.2, 0.25) is 12.3 Å². The molecule has 1 aromatic rings. The molecule has 1 aromatic carbocycles. The lowest BCUT2D eigenvalue weighted by Crippen LogP contribution is -2.45. The lowest BCUT2D eigenvalue weighted by Gasteiger charge is -2.39. The number of rotatable bonds is 3. The number of nitrogens with one attached hydrogen (secondary N) is 1. The van der Waals surface area contributed by atoms with Crippen molar-refractivity contribution in [3.05, 3.63) is 28.2 Å². The van der Waals surface area contributed by atoms with Crippen LogP contribution < -0.4 is 10.2 Å². The maximum Gasteiger partial charge on any atom is 0.226 e. The molecule has 0 spiro atoms. The van der Waals surface area contributed by atoms with Gasteiger partial charge >= 0.3 is 0 Å². The maximum atomic E-state index is 12.1. The van der Waals surface area contributed by atoms with Gasteiger partial charge in [0.05, 0.1) is 6.04 Å². The van der Waals surface area contributed by atoms with Gasteiger partial charge in [-0.1, -0.05) is 22.9 Å². The van der Waals surface area contributed by atoms with Crippen molar-refractivity contribution in [3.8, 4) is 0 Å². The molecule has 19 heavy (non-hydrogen) atoms. The molecular weight excluding hydrogens is 308 g/mol. The van der Waals surface area contributed by atoms with E-state index in [4.69, 9.17) is 0 Å². The fraction of sp³-hybridized carbons (Fsp3) is 0.429. The van der Waals surface area contributed by atoms with Crippen molar-refractivity contribution in [3.63, 3.8) is 0 Å². The van der Waals surface area contributed by atoms with Crippen molar-refractivity contribution in [1.29, 1.82) is 0 Å². The van der Waals surface area contributed by atoms with Gasteiger partial charge in [0, 0.05) is 22.6 Å². The zero-order chi connectivity index (χ0) is 14.0. The molecule has 0 aliphatic carbocycles. The largest absolute Gasteiger partial charge is 0.352 e. The quantitative estimate of drug-likeness (QED) is 0.869. The summed E-state index contributed by atoms with van der Waals surface area (Å²) in [5, 5.41) is 2.84. The summed E-state index contributed by atoms with van der Waals surface area (Å²) in [4.78, 5) is 24.7. The number of carbonyl (C=O) groups excluding carboxylic acids is 2. The Labute approximate surface area is 121 Å². The van der Waals surface area contributed by atoms with Crippen LogP contribution in [0.25, 0.3) is 0 Å². The first kappa shape index (κ1) is 14.1. The molecule has 2 amide bonds. The van der Waals surface area contributed by atoms with Crippen LogP contribution in [0, 0.1) is 0 Å². The molecule has 2 unspecified atom stereocenters. The topological polar surface area (TPSA) is 49.4 Å². The van der Waals surface area contributed by atoms with Crippen LogP contribution >= 0.6 is 15.9 Å². The molecule has 1 aliphatic rings. The van der Waals surface area contributed by atoms with Crippen LogP contribution in [0.3, 0.4) is 0 Å². The van der Waals surface area contributed by atoms with E-state index in [2.05, 4.69) is 21.2 Å². The predicted molar refractivity (Wildman–Crippen MR) is 77.9 cm³/mol. The van der Waals surface area contributed by atoms with Crippen molar-refractivity contribution in [1.82, 2.24) is 5.32 Å². The van der Waals surface area contributed by atoms with E-state index in [-0.39, 0.29) is 18.0 Å². The summed E-state index contributed by atoms with van der Waals surface area (Å²) < 4.78 is 0.947. The van der Waals surface area contributed by atoms with E-state index < -0.39 is 0 Å². The molecule has 5 heteroatoms. The number of anilines is 1. The van der Waals surface area contributed by atoms with Crippen LogP contribution in [0.1, 0.15) is 38.3 Å². The summed E-state index contributed by atoms with van der Waals surface area (Å²) in [5.74, 6) is 0.112. The Bertz CT molecular complexity index is 504. The Hall–Kier alpha value is -1.36. The summed E-state index contributed by atoms with van der Waals surface area (Å²) in [5.41, 5.74) is 1.88. The average Bonchev–Trinajstić information content (AvgIpc) is 2.39. The second-order valence-corrected chi connectivity index (χ2v) is 5.66. The number of halogens is 1. The van der Waals surface area contributed by atoms with Gasteiger partial charge in [0.1, 0.15) is 0 Å². The molecule has 2 rings (SSSR count). The Morgan fingerprint density at radius 1 is 1.58 bits per heavy atom. The highest BCUT2D eigenvalue weighted by molar-refractivity contribution is 9.10. The van der Waals surface area contributed by atoms with Crippen LogP contribution in [0.5, 0.6) is 0 Å². The van der Waals surface area contributed by atoms with Crippen LogP contribution in [-0.2, 0) is 9.59 Å². The van der Waals surface area contributed by atoms with Gasteiger partial charge in [0.15, 0.2) is 0 Å². The summed E-state index contributed by atoms with van der Waals surface area (Å²) in [6.45, 7) is 3.88. The molecule has 0 fully saturated rings. The van der Waals surface area contributed by atoms with Gasteiger partial charge in [-0.15, -0.1) is 0 Å². The molecule has 1 N–H and O–H groups in total. The highest BCUT2D eigenvalue weighted by Crippen LogP contribution is 2.38. The van der Waals surface area contributed by atoms with Crippen molar-refractivity contribution in [2.75, 3.05) is 4.90 Å². The van der Waals surface area contributed by atoms with Gasteiger partial charge < -0.3 is 10.2 Å². The molecule has 0 radical (unpaired) electrons. The number of hydrogen-bond acceptors (Lipinski definition) is 2. The number of benzene rings is 1. The summed E-state index contributed by atoms with van der Waals surface area (Å²) in [6, 6.07) is 5.87. The number of fused-ring (bicyclic) bond motifs is 1. The van der Waals surface area contributed by atoms with E-state index in [1.807, 2.05) is 36.9 Å². The first-order valence-electron chi connectivity index (χ1n) is 6.39. The fourth-order valence-electron chi connectivity index (χ4n) is 2.63. The van der Waals surface area contributed by atoms with Crippen LogP contribution in [0.2, 0.25) is 0 Å². The molecule has 0 saturated carbocycles. The molecular formula is C14H17BrN2O2. The Morgan fingerprint density at radius 3 is 2.95 bits per heavy atom. The Balaban J connectivity index is 2.49. The van der Waals surface area contributed by atoms with E-state index in [0.29, 0.717) is 6.42 Å². The second-order valence-electron chi connectivity index (χ2n) is 4.74. The van der Waals surface area contributed by atoms with Gasteiger partial charge in [-0.05, 0) is 37.1 Å². The third-order valence-electron chi connectivity index (χ3n) is 3.48. The van der Waals surface area contributed by atoms with Gasteiger partial charge in [-0.25, -0.2) is 0 Å². The first-order chi connectivity index (χ1) is 9.08. The molecule has 0 aromatic heterocycles.